The molecule has 0 saturated carbocycles. The number of hydrogen-bond donors (Lipinski definition) is 0. The van der Waals surface area contributed by atoms with Gasteiger partial charge in [0.1, 0.15) is 0 Å². The largest absolute Gasteiger partial charge is 0.367 e. The zero-order valence-electron chi connectivity index (χ0n) is 17.5. The van der Waals surface area contributed by atoms with Crippen molar-refractivity contribution in [1.29, 1.82) is 0 Å². The minimum Gasteiger partial charge on any atom is -0.367 e. The fourth-order valence-corrected chi connectivity index (χ4v) is 4.02. The van der Waals surface area contributed by atoms with Crippen molar-refractivity contribution in [3.8, 4) is 0 Å². The number of amides is 1. The molecule has 0 radical (unpaired) electrons. The van der Waals surface area contributed by atoms with E-state index in [1.165, 1.54) is 11.3 Å². The summed E-state index contributed by atoms with van der Waals surface area (Å²) < 4.78 is 7.62. The van der Waals surface area contributed by atoms with Gasteiger partial charge >= 0.3 is 0 Å². The normalized spacial score (nSPS) is 16.8. The lowest BCUT2D eigenvalue weighted by atomic mass is 10.1. The molecule has 152 valence electrons. The quantitative estimate of drug-likeness (QED) is 0.768. The van der Waals surface area contributed by atoms with Gasteiger partial charge in [0.15, 0.2) is 6.10 Å². The molecule has 1 aliphatic rings. The van der Waals surface area contributed by atoms with E-state index in [9.17, 15) is 4.79 Å². The summed E-state index contributed by atoms with van der Waals surface area (Å²) in [6, 6.07) is 9.75. The van der Waals surface area contributed by atoms with Gasteiger partial charge in [-0.3, -0.25) is 14.4 Å². The van der Waals surface area contributed by atoms with Crippen LogP contribution in [0.4, 0.5) is 0 Å². The fourth-order valence-electron chi connectivity index (χ4n) is 4.02. The van der Waals surface area contributed by atoms with Crippen molar-refractivity contribution >= 4 is 5.91 Å². The van der Waals surface area contributed by atoms with Crippen molar-refractivity contribution in [3.05, 3.63) is 52.8 Å². The molecule has 0 bridgehead atoms. The van der Waals surface area contributed by atoms with Crippen molar-refractivity contribution in [1.82, 2.24) is 19.6 Å². The molecule has 1 fully saturated rings. The van der Waals surface area contributed by atoms with Crippen LogP contribution >= 0.6 is 0 Å². The first kappa shape index (κ1) is 20.6. The van der Waals surface area contributed by atoms with Crippen molar-refractivity contribution in [2.45, 2.75) is 46.4 Å². The van der Waals surface area contributed by atoms with Gasteiger partial charge in [0, 0.05) is 57.6 Å². The van der Waals surface area contributed by atoms with E-state index in [1.807, 2.05) is 35.2 Å². The van der Waals surface area contributed by atoms with E-state index in [2.05, 4.69) is 35.5 Å². The Hall–Kier alpha value is -2.18. The van der Waals surface area contributed by atoms with Gasteiger partial charge in [-0.05, 0) is 32.8 Å². The molecule has 1 amide bonds. The predicted molar refractivity (Wildman–Crippen MR) is 110 cm³/mol. The number of aryl methyl sites for hydroxylation is 2. The van der Waals surface area contributed by atoms with E-state index in [0.29, 0.717) is 0 Å². The van der Waals surface area contributed by atoms with E-state index in [4.69, 9.17) is 4.74 Å². The maximum atomic E-state index is 13.1. The Morgan fingerprint density at radius 1 is 1.14 bits per heavy atom. The Kier molecular flexibility index (Phi) is 6.86. The average Bonchev–Trinajstić information content (AvgIpc) is 2.88. The first-order valence-corrected chi connectivity index (χ1v) is 10.2. The lowest BCUT2D eigenvalue weighted by molar-refractivity contribution is -0.142. The molecule has 28 heavy (non-hydrogen) atoms. The molecule has 1 atom stereocenters. The van der Waals surface area contributed by atoms with Crippen LogP contribution in [0.3, 0.4) is 0 Å². The molecule has 6 heteroatoms. The minimum atomic E-state index is -0.528. The molecule has 3 rings (SSSR count). The topological polar surface area (TPSA) is 50.6 Å². The average molecular weight is 385 g/mol. The second-order valence-corrected chi connectivity index (χ2v) is 7.45. The van der Waals surface area contributed by atoms with Crippen LogP contribution in [0.1, 0.15) is 42.0 Å². The highest BCUT2D eigenvalue weighted by molar-refractivity contribution is 5.82. The zero-order valence-corrected chi connectivity index (χ0v) is 17.5. The van der Waals surface area contributed by atoms with Gasteiger partial charge < -0.3 is 9.64 Å². The van der Waals surface area contributed by atoms with Crippen LogP contribution in [0, 0.1) is 13.8 Å². The molecular weight excluding hydrogens is 352 g/mol. The number of carbonyl (C=O) groups excluding carboxylic acids is 1. The van der Waals surface area contributed by atoms with Crippen LogP contribution in [0.15, 0.2) is 30.3 Å². The SMILES string of the molecule is CCn1nc(C)c(CN2CCCN(C(=O)C(OC)c3ccccc3)CC2)c1C. The molecule has 1 aromatic carbocycles. The van der Waals surface area contributed by atoms with Crippen LogP contribution in [0.5, 0.6) is 0 Å². The van der Waals surface area contributed by atoms with Crippen LogP contribution in [0.25, 0.3) is 0 Å². The Morgan fingerprint density at radius 3 is 2.54 bits per heavy atom. The first-order chi connectivity index (χ1) is 13.5. The Labute approximate surface area is 168 Å². The Balaban J connectivity index is 1.65. The highest BCUT2D eigenvalue weighted by Gasteiger charge is 2.27. The van der Waals surface area contributed by atoms with Gasteiger partial charge in [-0.1, -0.05) is 30.3 Å². The summed E-state index contributed by atoms with van der Waals surface area (Å²) in [6.45, 7) is 11.5. The zero-order chi connectivity index (χ0) is 20.1. The number of ether oxygens (including phenoxy) is 1. The van der Waals surface area contributed by atoms with E-state index in [1.54, 1.807) is 7.11 Å². The molecule has 0 aliphatic carbocycles. The van der Waals surface area contributed by atoms with Crippen LogP contribution in [-0.4, -0.2) is 58.8 Å². The predicted octanol–water partition coefficient (Wildman–Crippen LogP) is 2.94. The molecule has 1 aromatic heterocycles. The van der Waals surface area contributed by atoms with Crippen molar-refractivity contribution < 1.29 is 9.53 Å². The Morgan fingerprint density at radius 2 is 1.89 bits per heavy atom. The van der Waals surface area contributed by atoms with E-state index in [0.717, 1.165) is 56.9 Å². The van der Waals surface area contributed by atoms with Crippen molar-refractivity contribution in [2.24, 2.45) is 0 Å². The van der Waals surface area contributed by atoms with E-state index < -0.39 is 6.10 Å². The summed E-state index contributed by atoms with van der Waals surface area (Å²) in [5.74, 6) is 0.0571. The molecular formula is C22H32N4O2. The number of nitrogens with zero attached hydrogens (tertiary/aromatic N) is 4. The molecule has 1 unspecified atom stereocenters. The third kappa shape index (κ3) is 4.45. The van der Waals surface area contributed by atoms with E-state index >= 15 is 0 Å². The third-order valence-electron chi connectivity index (χ3n) is 5.68. The number of rotatable bonds is 6. The number of hydrogen-bond acceptors (Lipinski definition) is 4. The minimum absolute atomic E-state index is 0.0571. The second-order valence-electron chi connectivity index (χ2n) is 7.45. The first-order valence-electron chi connectivity index (χ1n) is 10.2. The lowest BCUT2D eigenvalue weighted by Gasteiger charge is -2.26. The van der Waals surface area contributed by atoms with Crippen molar-refractivity contribution in [2.75, 3.05) is 33.3 Å². The summed E-state index contributed by atoms with van der Waals surface area (Å²) >= 11 is 0. The summed E-state index contributed by atoms with van der Waals surface area (Å²) in [7, 11) is 1.61. The van der Waals surface area contributed by atoms with Gasteiger partial charge in [0.25, 0.3) is 5.91 Å². The molecule has 0 spiro atoms. The summed E-state index contributed by atoms with van der Waals surface area (Å²) in [6.07, 6.45) is 0.441. The van der Waals surface area contributed by atoms with Gasteiger partial charge in [-0.15, -0.1) is 0 Å². The standard InChI is InChI=1S/C22H32N4O2/c1-5-26-18(3)20(17(2)23-26)16-24-12-9-13-25(15-14-24)22(27)21(28-4)19-10-7-6-8-11-19/h6-8,10-11,21H,5,9,12-16H2,1-4H3. The molecule has 2 heterocycles. The third-order valence-corrected chi connectivity index (χ3v) is 5.68. The van der Waals surface area contributed by atoms with Gasteiger partial charge in [-0.2, -0.15) is 5.10 Å². The monoisotopic (exact) mass is 384 g/mol. The number of benzene rings is 1. The van der Waals surface area contributed by atoms with Gasteiger partial charge in [-0.25, -0.2) is 0 Å². The number of methoxy groups -OCH3 is 1. The molecule has 1 saturated heterocycles. The second kappa shape index (κ2) is 9.34. The van der Waals surface area contributed by atoms with Gasteiger partial charge in [0.2, 0.25) is 0 Å². The van der Waals surface area contributed by atoms with Crippen LogP contribution in [-0.2, 0) is 22.6 Å². The summed E-state index contributed by atoms with van der Waals surface area (Å²) in [5, 5.41) is 4.64. The van der Waals surface area contributed by atoms with Gasteiger partial charge in [0.05, 0.1) is 5.69 Å². The smallest absolute Gasteiger partial charge is 0.256 e. The molecule has 1 aliphatic heterocycles. The summed E-state index contributed by atoms with van der Waals surface area (Å²) in [4.78, 5) is 17.5. The maximum Gasteiger partial charge on any atom is 0.256 e. The molecule has 6 nitrogen and oxygen atoms in total. The number of aromatic nitrogens is 2. The highest BCUT2D eigenvalue weighted by atomic mass is 16.5. The van der Waals surface area contributed by atoms with Crippen LogP contribution < -0.4 is 0 Å². The molecule has 2 aromatic rings. The summed E-state index contributed by atoms with van der Waals surface area (Å²) in [5.41, 5.74) is 4.59. The maximum absolute atomic E-state index is 13.1. The number of carbonyl (C=O) groups is 1. The van der Waals surface area contributed by atoms with Crippen LogP contribution in [0.2, 0.25) is 0 Å². The van der Waals surface area contributed by atoms with Crippen molar-refractivity contribution in [3.63, 3.8) is 0 Å². The van der Waals surface area contributed by atoms with E-state index in [-0.39, 0.29) is 5.91 Å². The highest BCUT2D eigenvalue weighted by Crippen LogP contribution is 2.21. The lowest BCUT2D eigenvalue weighted by Crippen LogP contribution is -2.38. The Bertz CT molecular complexity index is 787. The molecule has 0 N–H and O–H groups in total. The fraction of sp³-hybridized carbons (Fsp3) is 0.545.